The van der Waals surface area contributed by atoms with Gasteiger partial charge >= 0.3 is 11.9 Å². The molecule has 6 heteroatoms. The van der Waals surface area contributed by atoms with Crippen molar-refractivity contribution < 1.29 is 19.4 Å². The standard InChI is InChI=1S/C52H104N2O4/c1-2-3-4-5-6-7-8-9-10-11-18-23-28-33-38-43-48-58-52(57)46-41-36-31-26-21-16-13-17-22-27-32-37-42-47-54-50(49-53)44-39-34-29-24-19-14-12-15-20-25-30-35-40-45-51(55)56/h50,54H,2-49,53H2,1H3,(H,55,56). The van der Waals surface area contributed by atoms with Crippen LogP contribution in [0.5, 0.6) is 0 Å². The molecule has 0 aliphatic rings. The van der Waals surface area contributed by atoms with Crippen LogP contribution in [-0.2, 0) is 14.3 Å². The molecule has 0 heterocycles. The molecule has 0 bridgehead atoms. The zero-order valence-electron chi connectivity index (χ0n) is 39.3. The van der Waals surface area contributed by atoms with Crippen LogP contribution in [0.2, 0.25) is 0 Å². The van der Waals surface area contributed by atoms with Crippen LogP contribution in [0.4, 0.5) is 0 Å². The number of hydrogen-bond donors (Lipinski definition) is 3. The smallest absolute Gasteiger partial charge is 0.305 e. The van der Waals surface area contributed by atoms with E-state index in [1.807, 2.05) is 0 Å². The number of carboxylic acid groups (broad SMARTS) is 1. The lowest BCUT2D eigenvalue weighted by Crippen LogP contribution is -2.36. The predicted octanol–water partition coefficient (Wildman–Crippen LogP) is 16.1. The number of rotatable bonds is 51. The molecule has 0 fully saturated rings. The monoisotopic (exact) mass is 821 g/mol. The molecular formula is C52H104N2O4. The van der Waals surface area contributed by atoms with Gasteiger partial charge in [-0.2, -0.15) is 0 Å². The van der Waals surface area contributed by atoms with Crippen molar-refractivity contribution in [3.8, 4) is 0 Å². The molecule has 6 nitrogen and oxygen atoms in total. The Kier molecular flexibility index (Phi) is 49.2. The SMILES string of the molecule is CCCCCCCCCCCCCCCCCCOC(=O)CCCCCCCCCCCCCCCNC(CN)CCCCCCCCCCCCCCCC(=O)O. The maximum absolute atomic E-state index is 12.1. The maximum Gasteiger partial charge on any atom is 0.305 e. The third-order valence-electron chi connectivity index (χ3n) is 12.5. The van der Waals surface area contributed by atoms with Crippen LogP contribution in [0.1, 0.15) is 296 Å². The first-order valence-electron chi connectivity index (χ1n) is 26.4. The Morgan fingerprint density at radius 1 is 0.431 bits per heavy atom. The van der Waals surface area contributed by atoms with Gasteiger partial charge in [0, 0.05) is 25.4 Å². The molecule has 0 saturated carbocycles. The van der Waals surface area contributed by atoms with Crippen molar-refractivity contribution in [2.45, 2.75) is 302 Å². The van der Waals surface area contributed by atoms with Crippen LogP contribution < -0.4 is 11.1 Å². The summed E-state index contributed by atoms with van der Waals surface area (Å²) < 4.78 is 5.49. The first kappa shape index (κ1) is 56.9. The average molecular weight is 821 g/mol. The van der Waals surface area contributed by atoms with Gasteiger partial charge < -0.3 is 20.9 Å². The lowest BCUT2D eigenvalue weighted by Gasteiger charge is -2.16. The summed E-state index contributed by atoms with van der Waals surface area (Å²) in [6.07, 6.45) is 57.5. The van der Waals surface area contributed by atoms with Crippen molar-refractivity contribution in [1.29, 1.82) is 0 Å². The topological polar surface area (TPSA) is 102 Å². The quantitative estimate of drug-likeness (QED) is 0.0417. The Bertz CT molecular complexity index is 808. The first-order chi connectivity index (χ1) is 28.6. The Morgan fingerprint density at radius 2 is 0.741 bits per heavy atom. The van der Waals surface area contributed by atoms with E-state index >= 15 is 0 Å². The van der Waals surface area contributed by atoms with Gasteiger partial charge in [-0.15, -0.1) is 0 Å². The van der Waals surface area contributed by atoms with E-state index in [0.29, 0.717) is 25.5 Å². The lowest BCUT2D eigenvalue weighted by atomic mass is 10.0. The fourth-order valence-corrected chi connectivity index (χ4v) is 8.47. The van der Waals surface area contributed by atoms with Crippen LogP contribution >= 0.6 is 0 Å². The largest absolute Gasteiger partial charge is 0.481 e. The van der Waals surface area contributed by atoms with Crippen molar-refractivity contribution in [2.24, 2.45) is 5.73 Å². The number of nitrogens with one attached hydrogen (secondary N) is 1. The fourth-order valence-electron chi connectivity index (χ4n) is 8.47. The average Bonchev–Trinajstić information content (AvgIpc) is 3.22. The summed E-state index contributed by atoms with van der Waals surface area (Å²) in [5.41, 5.74) is 6.06. The molecule has 0 radical (unpaired) electrons. The van der Waals surface area contributed by atoms with Crippen molar-refractivity contribution in [3.63, 3.8) is 0 Å². The lowest BCUT2D eigenvalue weighted by molar-refractivity contribution is -0.144. The molecule has 4 N–H and O–H groups in total. The number of esters is 1. The predicted molar refractivity (Wildman–Crippen MR) is 253 cm³/mol. The number of carboxylic acids is 1. The van der Waals surface area contributed by atoms with Crippen LogP contribution in [0.3, 0.4) is 0 Å². The van der Waals surface area contributed by atoms with E-state index in [1.54, 1.807) is 0 Å². The molecule has 0 amide bonds. The number of aliphatic carboxylic acids is 1. The van der Waals surface area contributed by atoms with E-state index in [2.05, 4.69) is 12.2 Å². The molecule has 0 aromatic heterocycles. The van der Waals surface area contributed by atoms with Crippen LogP contribution in [0.25, 0.3) is 0 Å². The molecule has 58 heavy (non-hydrogen) atoms. The number of carbonyl (C=O) groups excluding carboxylic acids is 1. The highest BCUT2D eigenvalue weighted by Crippen LogP contribution is 2.17. The third-order valence-corrected chi connectivity index (χ3v) is 12.5. The van der Waals surface area contributed by atoms with Gasteiger partial charge in [0.2, 0.25) is 0 Å². The minimum atomic E-state index is -0.660. The highest BCUT2D eigenvalue weighted by molar-refractivity contribution is 5.69. The molecule has 0 saturated heterocycles. The van der Waals surface area contributed by atoms with Crippen molar-refractivity contribution in [1.82, 2.24) is 5.32 Å². The zero-order chi connectivity index (χ0) is 42.1. The second kappa shape index (κ2) is 50.2. The Hall–Kier alpha value is -1.14. The van der Waals surface area contributed by atoms with Gasteiger partial charge in [-0.1, -0.05) is 251 Å². The van der Waals surface area contributed by atoms with Gasteiger partial charge in [-0.3, -0.25) is 9.59 Å². The zero-order valence-corrected chi connectivity index (χ0v) is 39.3. The minimum absolute atomic E-state index is 0.0177. The van der Waals surface area contributed by atoms with Crippen molar-refractivity contribution in [2.75, 3.05) is 19.7 Å². The van der Waals surface area contributed by atoms with Crippen LogP contribution in [0, 0.1) is 0 Å². The Morgan fingerprint density at radius 3 is 1.10 bits per heavy atom. The van der Waals surface area contributed by atoms with Gasteiger partial charge in [0.05, 0.1) is 6.61 Å². The summed E-state index contributed by atoms with van der Waals surface area (Å²) in [4.78, 5) is 22.6. The molecule has 0 spiro atoms. The third kappa shape index (κ3) is 49.2. The Balaban J connectivity index is 3.28. The van der Waals surface area contributed by atoms with Gasteiger partial charge in [-0.05, 0) is 38.6 Å². The molecule has 0 aromatic rings. The maximum atomic E-state index is 12.1. The highest BCUT2D eigenvalue weighted by atomic mass is 16.5. The second-order valence-corrected chi connectivity index (χ2v) is 18.3. The van der Waals surface area contributed by atoms with Gasteiger partial charge in [0.25, 0.3) is 0 Å². The van der Waals surface area contributed by atoms with Gasteiger partial charge in [-0.25, -0.2) is 0 Å². The first-order valence-corrected chi connectivity index (χ1v) is 26.4. The number of nitrogens with two attached hydrogens (primary N) is 1. The fraction of sp³-hybridized carbons (Fsp3) is 0.962. The summed E-state index contributed by atoms with van der Waals surface area (Å²) >= 11 is 0. The summed E-state index contributed by atoms with van der Waals surface area (Å²) in [5, 5.41) is 12.4. The van der Waals surface area contributed by atoms with E-state index in [4.69, 9.17) is 15.6 Å². The minimum Gasteiger partial charge on any atom is -0.481 e. The van der Waals surface area contributed by atoms with E-state index in [9.17, 15) is 9.59 Å². The van der Waals surface area contributed by atoms with Gasteiger partial charge in [0.15, 0.2) is 0 Å². The molecule has 0 aliphatic heterocycles. The highest BCUT2D eigenvalue weighted by Gasteiger charge is 2.06. The molecule has 346 valence electrons. The summed E-state index contributed by atoms with van der Waals surface area (Å²) in [5.74, 6) is -0.643. The number of hydrogen-bond acceptors (Lipinski definition) is 5. The normalized spacial score (nSPS) is 12.0. The molecule has 0 aliphatic carbocycles. The van der Waals surface area contributed by atoms with Crippen molar-refractivity contribution >= 4 is 11.9 Å². The van der Waals surface area contributed by atoms with Crippen LogP contribution in [-0.4, -0.2) is 42.8 Å². The number of carbonyl (C=O) groups is 2. The van der Waals surface area contributed by atoms with Crippen molar-refractivity contribution in [3.05, 3.63) is 0 Å². The van der Waals surface area contributed by atoms with Gasteiger partial charge in [0.1, 0.15) is 0 Å². The molecule has 0 aromatic carbocycles. The summed E-state index contributed by atoms with van der Waals surface area (Å²) in [7, 11) is 0. The van der Waals surface area contributed by atoms with E-state index in [-0.39, 0.29) is 5.97 Å². The molecule has 0 rings (SSSR count). The Labute approximate surface area is 362 Å². The molecule has 1 atom stereocenters. The number of ether oxygens (including phenoxy) is 1. The molecular weight excluding hydrogens is 717 g/mol. The van der Waals surface area contributed by atoms with E-state index in [1.165, 1.54) is 250 Å². The second-order valence-electron chi connectivity index (χ2n) is 18.3. The van der Waals surface area contributed by atoms with E-state index < -0.39 is 5.97 Å². The summed E-state index contributed by atoms with van der Waals surface area (Å²) in [6, 6.07) is 0.490. The van der Waals surface area contributed by atoms with Crippen LogP contribution in [0.15, 0.2) is 0 Å². The molecule has 1 unspecified atom stereocenters. The summed E-state index contributed by atoms with van der Waals surface area (Å²) in [6.45, 7) is 4.79. The number of unbranched alkanes of at least 4 members (excludes halogenated alkanes) is 39. The van der Waals surface area contributed by atoms with E-state index in [0.717, 1.165) is 38.8 Å².